The van der Waals surface area contributed by atoms with Crippen LogP contribution >= 0.6 is 0 Å². The van der Waals surface area contributed by atoms with Gasteiger partial charge in [-0.3, -0.25) is 10.1 Å². The number of benzene rings is 1. The first-order valence-electron chi connectivity index (χ1n) is 8.11. The van der Waals surface area contributed by atoms with E-state index in [9.17, 15) is 10.1 Å². The molecule has 0 saturated carbocycles. The first kappa shape index (κ1) is 19.9. The summed E-state index contributed by atoms with van der Waals surface area (Å²) in [5.41, 5.74) is 0.969. The molecule has 0 aromatic heterocycles. The van der Waals surface area contributed by atoms with E-state index in [0.29, 0.717) is 32.3 Å². The van der Waals surface area contributed by atoms with Crippen LogP contribution in [0.15, 0.2) is 29.3 Å². The number of unbranched alkanes of at least 4 members (excludes halogenated alkanes) is 1. The number of nitro groups is 1. The molecule has 8 nitrogen and oxygen atoms in total. The normalized spacial score (nSPS) is 11.3. The number of nitrogens with one attached hydrogen (secondary N) is 2. The number of nitro benzene ring substituents is 1. The summed E-state index contributed by atoms with van der Waals surface area (Å²) in [6.45, 7) is 4.75. The molecule has 0 atom stereocenters. The Morgan fingerprint density at radius 3 is 2.58 bits per heavy atom. The lowest BCUT2D eigenvalue weighted by atomic mass is 10.2. The fraction of sp³-hybridized carbons (Fsp3) is 0.562. The number of aliphatic hydroxyl groups is 1. The monoisotopic (exact) mass is 338 g/mol. The van der Waals surface area contributed by atoms with Crippen LogP contribution in [0.25, 0.3) is 0 Å². The van der Waals surface area contributed by atoms with E-state index in [2.05, 4.69) is 22.5 Å². The Morgan fingerprint density at radius 2 is 1.96 bits per heavy atom. The summed E-state index contributed by atoms with van der Waals surface area (Å²) in [6, 6.07) is 6.36. The first-order chi connectivity index (χ1) is 11.7. The van der Waals surface area contributed by atoms with Gasteiger partial charge in [-0.05, 0) is 12.0 Å². The third-order valence-electron chi connectivity index (χ3n) is 3.16. The molecule has 0 aliphatic rings. The van der Waals surface area contributed by atoms with Gasteiger partial charge in [0.25, 0.3) is 5.69 Å². The molecule has 0 saturated heterocycles. The van der Waals surface area contributed by atoms with Gasteiger partial charge in [-0.15, -0.1) is 0 Å². The van der Waals surface area contributed by atoms with Crippen molar-refractivity contribution in [3.63, 3.8) is 0 Å². The molecule has 0 aliphatic heterocycles. The van der Waals surface area contributed by atoms with Gasteiger partial charge in [0, 0.05) is 25.2 Å². The number of hydrogen-bond acceptors (Lipinski definition) is 5. The molecule has 0 bridgehead atoms. The minimum atomic E-state index is -0.418. The molecule has 0 amide bonds. The third kappa shape index (κ3) is 8.44. The molecule has 3 N–H and O–H groups in total. The van der Waals surface area contributed by atoms with Gasteiger partial charge in [0.05, 0.1) is 31.3 Å². The lowest BCUT2D eigenvalue weighted by Crippen LogP contribution is -2.39. The number of guanidine groups is 1. The fourth-order valence-electron chi connectivity index (χ4n) is 1.86. The second-order valence-corrected chi connectivity index (χ2v) is 5.13. The third-order valence-corrected chi connectivity index (χ3v) is 3.16. The lowest BCUT2D eigenvalue weighted by Gasteiger charge is -2.12. The highest BCUT2D eigenvalue weighted by Crippen LogP contribution is 2.12. The van der Waals surface area contributed by atoms with Crippen molar-refractivity contribution in [2.75, 3.05) is 32.9 Å². The summed E-state index contributed by atoms with van der Waals surface area (Å²) >= 11 is 0. The van der Waals surface area contributed by atoms with E-state index in [1.165, 1.54) is 12.1 Å². The Hall–Kier alpha value is -2.19. The van der Waals surface area contributed by atoms with Crippen LogP contribution in [0.3, 0.4) is 0 Å². The summed E-state index contributed by atoms with van der Waals surface area (Å²) in [5.74, 6) is 0.675. The van der Waals surface area contributed by atoms with E-state index >= 15 is 0 Å². The SMILES string of the molecule is CCCCNC(=NCc1ccc([N+](=O)[O-])cc1)NCCOCCO. The van der Waals surface area contributed by atoms with Crippen LogP contribution in [0.4, 0.5) is 5.69 Å². The van der Waals surface area contributed by atoms with Crippen LogP contribution in [0.1, 0.15) is 25.3 Å². The molecule has 0 radical (unpaired) electrons. The molecule has 134 valence electrons. The second kappa shape index (κ2) is 12.3. The minimum absolute atomic E-state index is 0.00976. The maximum absolute atomic E-state index is 10.6. The van der Waals surface area contributed by atoms with Gasteiger partial charge in [0.1, 0.15) is 0 Å². The number of non-ortho nitro benzene ring substituents is 1. The Bertz CT molecular complexity index is 505. The molecule has 1 aromatic rings. The lowest BCUT2D eigenvalue weighted by molar-refractivity contribution is -0.384. The highest BCUT2D eigenvalue weighted by molar-refractivity contribution is 5.79. The molecule has 0 heterocycles. The van der Waals surface area contributed by atoms with E-state index in [1.54, 1.807) is 12.1 Å². The first-order valence-corrected chi connectivity index (χ1v) is 8.11. The van der Waals surface area contributed by atoms with E-state index in [4.69, 9.17) is 9.84 Å². The average molecular weight is 338 g/mol. The Balaban J connectivity index is 2.52. The van der Waals surface area contributed by atoms with Crippen LogP contribution in [0.2, 0.25) is 0 Å². The zero-order valence-electron chi connectivity index (χ0n) is 14.0. The topological polar surface area (TPSA) is 109 Å². The van der Waals surface area contributed by atoms with E-state index in [0.717, 1.165) is 24.9 Å². The molecule has 24 heavy (non-hydrogen) atoms. The predicted molar refractivity (Wildman–Crippen MR) is 93.1 cm³/mol. The quantitative estimate of drug-likeness (QED) is 0.185. The largest absolute Gasteiger partial charge is 0.394 e. The van der Waals surface area contributed by atoms with Crippen molar-refractivity contribution in [2.24, 2.45) is 4.99 Å². The summed E-state index contributed by atoms with van der Waals surface area (Å²) in [4.78, 5) is 14.7. The van der Waals surface area contributed by atoms with E-state index in [1.807, 2.05) is 0 Å². The van der Waals surface area contributed by atoms with Gasteiger partial charge in [0.2, 0.25) is 0 Å². The Morgan fingerprint density at radius 1 is 1.25 bits per heavy atom. The van der Waals surface area contributed by atoms with Gasteiger partial charge in [-0.1, -0.05) is 25.5 Å². The molecule has 1 rings (SSSR count). The van der Waals surface area contributed by atoms with Crippen molar-refractivity contribution in [3.8, 4) is 0 Å². The zero-order chi connectivity index (χ0) is 17.6. The standard InChI is InChI=1S/C16H26N4O4/c1-2-3-8-17-16(18-9-11-24-12-10-21)19-13-14-4-6-15(7-5-14)20(22)23/h4-7,21H,2-3,8-13H2,1H3,(H2,17,18,19). The van der Waals surface area contributed by atoms with Crippen molar-refractivity contribution >= 4 is 11.6 Å². The average Bonchev–Trinajstić information content (AvgIpc) is 2.59. The summed E-state index contributed by atoms with van der Waals surface area (Å²) in [6.07, 6.45) is 2.13. The zero-order valence-corrected chi connectivity index (χ0v) is 14.0. The number of aliphatic hydroxyl groups excluding tert-OH is 1. The number of nitrogens with zero attached hydrogens (tertiary/aromatic N) is 2. The van der Waals surface area contributed by atoms with Crippen molar-refractivity contribution in [3.05, 3.63) is 39.9 Å². The van der Waals surface area contributed by atoms with Gasteiger partial charge in [-0.25, -0.2) is 4.99 Å². The summed E-state index contributed by atoms with van der Waals surface area (Å²) < 4.78 is 5.20. The number of rotatable bonds is 11. The second-order valence-electron chi connectivity index (χ2n) is 5.13. The van der Waals surface area contributed by atoms with Gasteiger partial charge in [0.15, 0.2) is 5.96 Å². The molecule has 0 unspecified atom stereocenters. The van der Waals surface area contributed by atoms with Crippen molar-refractivity contribution in [2.45, 2.75) is 26.3 Å². The summed E-state index contributed by atoms with van der Waals surface area (Å²) in [7, 11) is 0. The molecule has 8 heteroatoms. The van der Waals surface area contributed by atoms with Crippen LogP contribution in [-0.4, -0.2) is 48.9 Å². The molecule has 1 aromatic carbocycles. The molecule has 0 spiro atoms. The van der Waals surface area contributed by atoms with E-state index in [-0.39, 0.29) is 12.3 Å². The van der Waals surface area contributed by atoms with Gasteiger partial charge >= 0.3 is 0 Å². The molecule has 0 aliphatic carbocycles. The van der Waals surface area contributed by atoms with Gasteiger partial charge in [-0.2, -0.15) is 0 Å². The highest BCUT2D eigenvalue weighted by Gasteiger charge is 2.04. The minimum Gasteiger partial charge on any atom is -0.394 e. The van der Waals surface area contributed by atoms with Crippen molar-refractivity contribution in [1.29, 1.82) is 0 Å². The molecular weight excluding hydrogens is 312 g/mol. The number of ether oxygens (including phenoxy) is 1. The maximum Gasteiger partial charge on any atom is 0.269 e. The highest BCUT2D eigenvalue weighted by atomic mass is 16.6. The van der Waals surface area contributed by atoms with Gasteiger partial charge < -0.3 is 20.5 Å². The Kier molecular flexibility index (Phi) is 10.1. The van der Waals surface area contributed by atoms with Crippen LogP contribution in [-0.2, 0) is 11.3 Å². The van der Waals surface area contributed by atoms with Crippen molar-refractivity contribution in [1.82, 2.24) is 10.6 Å². The summed E-state index contributed by atoms with van der Waals surface area (Å²) in [5, 5.41) is 25.7. The van der Waals surface area contributed by atoms with Crippen LogP contribution < -0.4 is 10.6 Å². The van der Waals surface area contributed by atoms with Crippen molar-refractivity contribution < 1.29 is 14.8 Å². The predicted octanol–water partition coefficient (Wildman–Crippen LogP) is 1.44. The van der Waals surface area contributed by atoms with Crippen LogP contribution in [0, 0.1) is 10.1 Å². The molecular formula is C16H26N4O4. The Labute approximate surface area is 142 Å². The number of hydrogen-bond donors (Lipinski definition) is 3. The molecule has 0 fully saturated rings. The van der Waals surface area contributed by atoms with E-state index < -0.39 is 4.92 Å². The fourth-order valence-corrected chi connectivity index (χ4v) is 1.86. The smallest absolute Gasteiger partial charge is 0.269 e. The maximum atomic E-state index is 10.6. The van der Waals surface area contributed by atoms with Crippen LogP contribution in [0.5, 0.6) is 0 Å². The number of aliphatic imine (C=N–C) groups is 1.